The summed E-state index contributed by atoms with van der Waals surface area (Å²) in [6.07, 6.45) is 0. The molecule has 1 rings (SSSR count). The molecule has 0 spiro atoms. The number of benzene rings is 1. The minimum Gasteiger partial charge on any atom is -0.368 e. The first-order valence-corrected chi connectivity index (χ1v) is 4.87. The summed E-state index contributed by atoms with van der Waals surface area (Å²) in [6, 6.07) is 2.51. The molecule has 1 amide bonds. The van der Waals surface area contributed by atoms with Gasteiger partial charge < -0.3 is 11.1 Å². The molecule has 0 bridgehead atoms. The number of nitro benzene ring substituents is 1. The normalized spacial score (nSPS) is 12.1. The molecular formula is C10H12FN3O3. The van der Waals surface area contributed by atoms with Crippen LogP contribution in [0.1, 0.15) is 12.5 Å². The summed E-state index contributed by atoms with van der Waals surface area (Å²) in [4.78, 5) is 20.8. The van der Waals surface area contributed by atoms with Crippen LogP contribution in [0.2, 0.25) is 0 Å². The summed E-state index contributed by atoms with van der Waals surface area (Å²) in [5.41, 5.74) is 4.99. The van der Waals surface area contributed by atoms with Gasteiger partial charge in [-0.05, 0) is 19.1 Å². The highest BCUT2D eigenvalue weighted by atomic mass is 19.1. The summed E-state index contributed by atoms with van der Waals surface area (Å²) in [7, 11) is 0. The van der Waals surface area contributed by atoms with Gasteiger partial charge in [-0.25, -0.2) is 4.39 Å². The number of carbonyl (C=O) groups excluding carboxylic acids is 1. The topological polar surface area (TPSA) is 98.3 Å². The molecule has 1 atom stereocenters. The fourth-order valence-corrected chi connectivity index (χ4v) is 1.24. The number of carbonyl (C=O) groups is 1. The van der Waals surface area contributed by atoms with E-state index >= 15 is 0 Å². The summed E-state index contributed by atoms with van der Waals surface area (Å²) in [5.74, 6) is -1.15. The Balaban J connectivity index is 2.85. The lowest BCUT2D eigenvalue weighted by Gasteiger charge is -2.10. The van der Waals surface area contributed by atoms with Crippen molar-refractivity contribution in [2.24, 2.45) is 5.73 Å². The van der Waals surface area contributed by atoms with E-state index in [9.17, 15) is 19.3 Å². The summed E-state index contributed by atoms with van der Waals surface area (Å²) < 4.78 is 13.0. The maximum Gasteiger partial charge on any atom is 0.274 e. The van der Waals surface area contributed by atoms with Gasteiger partial charge >= 0.3 is 0 Å². The second-order valence-corrected chi connectivity index (χ2v) is 3.54. The van der Waals surface area contributed by atoms with Gasteiger partial charge in [0.15, 0.2) is 0 Å². The lowest BCUT2D eigenvalue weighted by molar-refractivity contribution is -0.385. The van der Waals surface area contributed by atoms with E-state index < -0.39 is 22.7 Å². The molecular weight excluding hydrogens is 229 g/mol. The van der Waals surface area contributed by atoms with Crippen molar-refractivity contribution in [1.29, 1.82) is 0 Å². The van der Waals surface area contributed by atoms with Crippen molar-refractivity contribution in [3.8, 4) is 0 Å². The van der Waals surface area contributed by atoms with Crippen LogP contribution in [0, 0.1) is 15.9 Å². The Kier molecular flexibility index (Phi) is 4.11. The van der Waals surface area contributed by atoms with Gasteiger partial charge in [0.05, 0.1) is 11.0 Å². The summed E-state index contributed by atoms with van der Waals surface area (Å²) in [5, 5.41) is 13.4. The number of primary amides is 1. The van der Waals surface area contributed by atoms with Crippen LogP contribution in [0.3, 0.4) is 0 Å². The van der Waals surface area contributed by atoms with Gasteiger partial charge in [0.1, 0.15) is 5.82 Å². The average Bonchev–Trinajstić information content (AvgIpc) is 2.25. The number of nitrogens with one attached hydrogen (secondary N) is 1. The Morgan fingerprint density at radius 2 is 2.29 bits per heavy atom. The van der Waals surface area contributed by atoms with Crippen molar-refractivity contribution in [1.82, 2.24) is 5.32 Å². The maximum absolute atomic E-state index is 13.0. The molecule has 0 saturated heterocycles. The lowest BCUT2D eigenvalue weighted by atomic mass is 10.1. The molecule has 0 saturated carbocycles. The van der Waals surface area contributed by atoms with Crippen LogP contribution in [0.5, 0.6) is 0 Å². The molecule has 0 heterocycles. The fourth-order valence-electron chi connectivity index (χ4n) is 1.24. The largest absolute Gasteiger partial charge is 0.368 e. The molecule has 6 nitrogen and oxygen atoms in total. The molecule has 0 radical (unpaired) electrons. The van der Waals surface area contributed by atoms with Crippen LogP contribution < -0.4 is 11.1 Å². The molecule has 0 aliphatic rings. The zero-order valence-corrected chi connectivity index (χ0v) is 9.14. The van der Waals surface area contributed by atoms with Crippen molar-refractivity contribution in [2.45, 2.75) is 19.5 Å². The van der Waals surface area contributed by atoms with Gasteiger partial charge in [-0.3, -0.25) is 14.9 Å². The molecule has 7 heteroatoms. The minimum atomic E-state index is -0.641. The molecule has 1 aromatic rings. The number of nitrogens with zero attached hydrogens (tertiary/aromatic N) is 1. The van der Waals surface area contributed by atoms with E-state index in [1.54, 1.807) is 0 Å². The molecule has 1 unspecified atom stereocenters. The van der Waals surface area contributed by atoms with Gasteiger partial charge in [0.25, 0.3) is 5.69 Å². The first kappa shape index (κ1) is 13.0. The van der Waals surface area contributed by atoms with Gasteiger partial charge in [0.2, 0.25) is 5.91 Å². The highest BCUT2D eigenvalue weighted by molar-refractivity contribution is 5.79. The Bertz CT molecular complexity index is 450. The Morgan fingerprint density at radius 1 is 1.65 bits per heavy atom. The number of rotatable bonds is 5. The van der Waals surface area contributed by atoms with Crippen molar-refractivity contribution in [2.75, 3.05) is 0 Å². The van der Waals surface area contributed by atoms with Crippen LogP contribution in [0.15, 0.2) is 18.2 Å². The maximum atomic E-state index is 13.0. The molecule has 17 heavy (non-hydrogen) atoms. The molecule has 92 valence electrons. The Labute approximate surface area is 96.8 Å². The number of nitro groups is 1. The summed E-state index contributed by atoms with van der Waals surface area (Å²) in [6.45, 7) is 1.52. The second-order valence-electron chi connectivity index (χ2n) is 3.54. The standard InChI is InChI=1S/C10H12FN3O3/c1-6(10(12)15)13-5-7-4-8(11)2-3-9(7)14(16)17/h2-4,6,13H,5H2,1H3,(H2,12,15). The first-order valence-electron chi connectivity index (χ1n) is 4.87. The van der Waals surface area contributed by atoms with E-state index in [0.717, 1.165) is 18.2 Å². The Morgan fingerprint density at radius 3 is 2.82 bits per heavy atom. The van der Waals surface area contributed by atoms with Gasteiger partial charge in [-0.15, -0.1) is 0 Å². The third kappa shape index (κ3) is 3.49. The lowest BCUT2D eigenvalue weighted by Crippen LogP contribution is -2.38. The average molecular weight is 241 g/mol. The zero-order valence-electron chi connectivity index (χ0n) is 9.14. The van der Waals surface area contributed by atoms with E-state index in [0.29, 0.717) is 0 Å². The molecule has 0 aliphatic carbocycles. The van der Waals surface area contributed by atoms with Crippen molar-refractivity contribution < 1.29 is 14.1 Å². The monoisotopic (exact) mass is 241 g/mol. The van der Waals surface area contributed by atoms with E-state index in [-0.39, 0.29) is 17.8 Å². The van der Waals surface area contributed by atoms with Gasteiger partial charge in [-0.2, -0.15) is 0 Å². The molecule has 1 aromatic carbocycles. The quantitative estimate of drug-likeness (QED) is 0.585. The highest BCUT2D eigenvalue weighted by Gasteiger charge is 2.16. The van der Waals surface area contributed by atoms with Crippen LogP contribution >= 0.6 is 0 Å². The van der Waals surface area contributed by atoms with Crippen LogP contribution in [0.25, 0.3) is 0 Å². The SMILES string of the molecule is CC(NCc1cc(F)ccc1[N+](=O)[O-])C(N)=O. The number of nitrogens with two attached hydrogens (primary N) is 1. The highest BCUT2D eigenvalue weighted by Crippen LogP contribution is 2.19. The second kappa shape index (κ2) is 5.35. The van der Waals surface area contributed by atoms with Crippen LogP contribution in [-0.2, 0) is 11.3 Å². The fraction of sp³-hybridized carbons (Fsp3) is 0.300. The van der Waals surface area contributed by atoms with Crippen LogP contribution in [0.4, 0.5) is 10.1 Å². The molecule has 0 fully saturated rings. The zero-order chi connectivity index (χ0) is 13.0. The summed E-state index contributed by atoms with van der Waals surface area (Å²) >= 11 is 0. The number of hydrogen-bond donors (Lipinski definition) is 2. The minimum absolute atomic E-state index is 0.00181. The van der Waals surface area contributed by atoms with Gasteiger partial charge in [-0.1, -0.05) is 0 Å². The molecule has 0 aromatic heterocycles. The number of hydrogen-bond acceptors (Lipinski definition) is 4. The Hall–Kier alpha value is -2.02. The predicted octanol–water partition coefficient (Wildman–Crippen LogP) is 0.697. The van der Waals surface area contributed by atoms with E-state index in [1.165, 1.54) is 6.92 Å². The van der Waals surface area contributed by atoms with Crippen molar-refractivity contribution in [3.63, 3.8) is 0 Å². The van der Waals surface area contributed by atoms with Crippen LogP contribution in [-0.4, -0.2) is 16.9 Å². The van der Waals surface area contributed by atoms with Gasteiger partial charge in [0, 0.05) is 18.2 Å². The van der Waals surface area contributed by atoms with E-state index in [4.69, 9.17) is 5.73 Å². The molecule has 0 aliphatic heterocycles. The van der Waals surface area contributed by atoms with E-state index in [1.807, 2.05) is 0 Å². The predicted molar refractivity (Wildman–Crippen MR) is 58.6 cm³/mol. The smallest absolute Gasteiger partial charge is 0.274 e. The third-order valence-corrected chi connectivity index (χ3v) is 2.26. The number of amides is 1. The first-order chi connectivity index (χ1) is 7.91. The van der Waals surface area contributed by atoms with Crippen molar-refractivity contribution in [3.05, 3.63) is 39.7 Å². The number of halogens is 1. The van der Waals surface area contributed by atoms with E-state index in [2.05, 4.69) is 5.32 Å². The third-order valence-electron chi connectivity index (χ3n) is 2.26. The van der Waals surface area contributed by atoms with Crippen molar-refractivity contribution >= 4 is 11.6 Å². The molecule has 3 N–H and O–H groups in total.